The third-order valence-electron chi connectivity index (χ3n) is 3.78. The van der Waals surface area contributed by atoms with Crippen LogP contribution in [0.25, 0.3) is 0 Å². The van der Waals surface area contributed by atoms with E-state index in [1.54, 1.807) is 0 Å². The van der Waals surface area contributed by atoms with E-state index in [1.165, 1.54) is 32.1 Å². The van der Waals surface area contributed by atoms with Crippen molar-refractivity contribution in [3.63, 3.8) is 0 Å². The first-order valence-electron chi connectivity index (χ1n) is 7.48. The number of benzene rings is 1. The van der Waals surface area contributed by atoms with E-state index >= 15 is 0 Å². The fraction of sp³-hybridized carbons (Fsp3) is 0.562. The highest BCUT2D eigenvalue weighted by Gasteiger charge is 2.13. The molecule has 1 amide bonds. The van der Waals surface area contributed by atoms with Crippen LogP contribution in [0, 0.1) is 0 Å². The van der Waals surface area contributed by atoms with Crippen LogP contribution >= 0.6 is 11.6 Å². The summed E-state index contributed by atoms with van der Waals surface area (Å²) in [4.78, 5) is 11.7. The normalized spacial score (nSPS) is 16.1. The van der Waals surface area contributed by atoms with Crippen LogP contribution in [0.15, 0.2) is 24.3 Å². The van der Waals surface area contributed by atoms with Gasteiger partial charge in [0, 0.05) is 17.6 Å². The van der Waals surface area contributed by atoms with E-state index < -0.39 is 0 Å². The number of halogens is 1. The van der Waals surface area contributed by atoms with Gasteiger partial charge in [0.15, 0.2) is 0 Å². The average Bonchev–Trinajstić information content (AvgIpc) is 2.46. The molecule has 0 radical (unpaired) electrons. The summed E-state index contributed by atoms with van der Waals surface area (Å²) in [6.07, 6.45) is 7.13. The zero-order valence-corrected chi connectivity index (χ0v) is 12.6. The topological polar surface area (TPSA) is 41.1 Å². The summed E-state index contributed by atoms with van der Waals surface area (Å²) < 4.78 is 0. The second-order valence-electron chi connectivity index (χ2n) is 5.45. The molecule has 1 aromatic carbocycles. The minimum Gasteiger partial charge on any atom is -0.355 e. The maximum absolute atomic E-state index is 11.7. The van der Waals surface area contributed by atoms with Gasteiger partial charge in [-0.05, 0) is 37.0 Å². The van der Waals surface area contributed by atoms with Crippen molar-refractivity contribution in [2.45, 2.75) is 44.6 Å². The average molecular weight is 295 g/mol. The van der Waals surface area contributed by atoms with Crippen molar-refractivity contribution in [3.8, 4) is 0 Å². The summed E-state index contributed by atoms with van der Waals surface area (Å²) in [5.41, 5.74) is 1.15. The Bertz CT molecular complexity index is 430. The fourth-order valence-electron chi connectivity index (χ4n) is 2.64. The van der Waals surface area contributed by atoms with Gasteiger partial charge < -0.3 is 10.6 Å². The van der Waals surface area contributed by atoms with Crippen molar-refractivity contribution in [3.05, 3.63) is 34.9 Å². The van der Waals surface area contributed by atoms with Gasteiger partial charge in [0.1, 0.15) is 0 Å². The van der Waals surface area contributed by atoms with Crippen molar-refractivity contribution < 1.29 is 4.79 Å². The highest BCUT2D eigenvalue weighted by molar-refractivity contribution is 6.30. The van der Waals surface area contributed by atoms with E-state index in [0.29, 0.717) is 19.1 Å². The molecule has 1 fully saturated rings. The Hall–Kier alpha value is -1.06. The summed E-state index contributed by atoms with van der Waals surface area (Å²) in [7, 11) is 0. The molecule has 110 valence electrons. The molecule has 2 rings (SSSR count). The van der Waals surface area contributed by atoms with Gasteiger partial charge in [-0.15, -0.1) is 0 Å². The Balaban J connectivity index is 1.60. The van der Waals surface area contributed by atoms with Crippen molar-refractivity contribution >= 4 is 17.5 Å². The van der Waals surface area contributed by atoms with Crippen LogP contribution in [-0.4, -0.2) is 25.0 Å². The maximum atomic E-state index is 11.7. The molecule has 0 bridgehead atoms. The molecule has 0 heterocycles. The summed E-state index contributed by atoms with van der Waals surface area (Å²) in [6, 6.07) is 8.29. The van der Waals surface area contributed by atoms with Gasteiger partial charge in [-0.1, -0.05) is 43.0 Å². The molecule has 1 aliphatic carbocycles. The lowest BCUT2D eigenvalue weighted by Crippen LogP contribution is -2.40. The van der Waals surface area contributed by atoms with Gasteiger partial charge in [-0.25, -0.2) is 0 Å². The first kappa shape index (κ1) is 15.3. The molecule has 0 spiro atoms. The van der Waals surface area contributed by atoms with E-state index in [2.05, 4.69) is 10.6 Å². The Labute approximate surface area is 126 Å². The van der Waals surface area contributed by atoms with Crippen molar-refractivity contribution in [2.75, 3.05) is 13.1 Å². The van der Waals surface area contributed by atoms with Gasteiger partial charge >= 0.3 is 0 Å². The summed E-state index contributed by atoms with van der Waals surface area (Å²) in [5, 5.41) is 7.03. The molecule has 0 unspecified atom stereocenters. The van der Waals surface area contributed by atoms with Gasteiger partial charge in [-0.3, -0.25) is 4.79 Å². The van der Waals surface area contributed by atoms with Gasteiger partial charge in [0.25, 0.3) is 0 Å². The number of hydrogen-bond acceptors (Lipinski definition) is 2. The number of amides is 1. The fourth-order valence-corrected chi connectivity index (χ4v) is 2.86. The highest BCUT2D eigenvalue weighted by Crippen LogP contribution is 2.16. The third kappa shape index (κ3) is 5.51. The Morgan fingerprint density at radius 1 is 1.25 bits per heavy atom. The van der Waals surface area contributed by atoms with Crippen molar-refractivity contribution in [1.29, 1.82) is 0 Å². The Morgan fingerprint density at radius 2 is 2.05 bits per heavy atom. The van der Waals surface area contributed by atoms with Crippen LogP contribution in [-0.2, 0) is 11.2 Å². The van der Waals surface area contributed by atoms with Crippen LogP contribution < -0.4 is 10.6 Å². The summed E-state index contributed by atoms with van der Waals surface area (Å²) >= 11 is 5.92. The molecule has 3 nitrogen and oxygen atoms in total. The number of hydrogen-bond donors (Lipinski definition) is 2. The Kier molecular flexibility index (Phi) is 6.34. The molecule has 1 aromatic rings. The smallest absolute Gasteiger partial charge is 0.233 e. The molecule has 0 aliphatic heterocycles. The molecule has 0 atom stereocenters. The molecule has 2 N–H and O–H groups in total. The molecular weight excluding hydrogens is 272 g/mol. The van der Waals surface area contributed by atoms with Crippen molar-refractivity contribution in [1.82, 2.24) is 10.6 Å². The van der Waals surface area contributed by atoms with Crippen LogP contribution in [0.3, 0.4) is 0 Å². The molecule has 0 saturated heterocycles. The molecule has 1 aliphatic rings. The van der Waals surface area contributed by atoms with E-state index in [4.69, 9.17) is 11.6 Å². The van der Waals surface area contributed by atoms with Gasteiger partial charge in [-0.2, -0.15) is 0 Å². The third-order valence-corrected chi connectivity index (χ3v) is 4.02. The second kappa shape index (κ2) is 8.28. The summed E-state index contributed by atoms with van der Waals surface area (Å²) in [5.74, 6) is 0.0811. The van der Waals surface area contributed by atoms with E-state index in [0.717, 1.165) is 17.0 Å². The summed E-state index contributed by atoms with van der Waals surface area (Å²) in [6.45, 7) is 1.09. The minimum absolute atomic E-state index is 0.0811. The van der Waals surface area contributed by atoms with Crippen molar-refractivity contribution in [2.24, 2.45) is 0 Å². The molecule has 1 saturated carbocycles. The zero-order chi connectivity index (χ0) is 14.2. The lowest BCUT2D eigenvalue weighted by molar-refractivity contribution is -0.120. The van der Waals surface area contributed by atoms with Crippen LogP contribution in [0.1, 0.15) is 37.7 Å². The van der Waals surface area contributed by atoms with Crippen LogP contribution in [0.4, 0.5) is 0 Å². The Morgan fingerprint density at radius 3 is 2.80 bits per heavy atom. The highest BCUT2D eigenvalue weighted by atomic mass is 35.5. The van der Waals surface area contributed by atoms with Gasteiger partial charge in [0.05, 0.1) is 6.54 Å². The van der Waals surface area contributed by atoms with E-state index in [1.807, 2.05) is 24.3 Å². The SMILES string of the molecule is O=C(CNC1CCCCC1)NCCc1cccc(Cl)c1. The lowest BCUT2D eigenvalue weighted by Gasteiger charge is -2.22. The number of carbonyl (C=O) groups is 1. The molecule has 4 heteroatoms. The maximum Gasteiger partial charge on any atom is 0.233 e. The number of rotatable bonds is 6. The van der Waals surface area contributed by atoms with E-state index in [-0.39, 0.29) is 5.91 Å². The molecule has 0 aromatic heterocycles. The van der Waals surface area contributed by atoms with Gasteiger partial charge in [0.2, 0.25) is 5.91 Å². The first-order valence-corrected chi connectivity index (χ1v) is 7.86. The van der Waals surface area contributed by atoms with E-state index in [9.17, 15) is 4.79 Å². The number of nitrogens with one attached hydrogen (secondary N) is 2. The predicted octanol–water partition coefficient (Wildman–Crippen LogP) is 2.92. The monoisotopic (exact) mass is 294 g/mol. The second-order valence-corrected chi connectivity index (χ2v) is 5.88. The number of carbonyl (C=O) groups excluding carboxylic acids is 1. The predicted molar refractivity (Wildman–Crippen MR) is 83.0 cm³/mol. The first-order chi connectivity index (χ1) is 9.74. The quantitative estimate of drug-likeness (QED) is 0.847. The minimum atomic E-state index is 0.0811. The van der Waals surface area contributed by atoms with Crippen LogP contribution in [0.2, 0.25) is 5.02 Å². The lowest BCUT2D eigenvalue weighted by atomic mass is 9.95. The molecular formula is C16H23ClN2O. The largest absolute Gasteiger partial charge is 0.355 e. The zero-order valence-electron chi connectivity index (χ0n) is 11.8. The standard InChI is InChI=1S/C16H23ClN2O/c17-14-6-4-5-13(11-14)9-10-18-16(20)12-19-15-7-2-1-3-8-15/h4-6,11,15,19H,1-3,7-10,12H2,(H,18,20). The van der Waals surface area contributed by atoms with Crippen LogP contribution in [0.5, 0.6) is 0 Å². The molecule has 20 heavy (non-hydrogen) atoms.